The number of carbonyl (C=O) groups excluding carboxylic acids is 2. The zero-order valence-electron chi connectivity index (χ0n) is 12.1. The van der Waals surface area contributed by atoms with Gasteiger partial charge in [-0.2, -0.15) is 0 Å². The average molecular weight is 315 g/mol. The molecule has 2 aromatic rings. The van der Waals surface area contributed by atoms with E-state index >= 15 is 0 Å². The second-order valence-electron chi connectivity index (χ2n) is 5.17. The summed E-state index contributed by atoms with van der Waals surface area (Å²) in [4.78, 5) is 30.3. The maximum atomic E-state index is 12.4. The Morgan fingerprint density at radius 2 is 2.18 bits per heavy atom. The van der Waals surface area contributed by atoms with Crippen LogP contribution in [0.25, 0.3) is 0 Å². The number of hydrogen-bond donors (Lipinski definition) is 1. The number of nitrogens with one attached hydrogen (secondary N) is 1. The minimum Gasteiger partial charge on any atom is -0.354 e. The highest BCUT2D eigenvalue weighted by molar-refractivity contribution is 7.07. The van der Waals surface area contributed by atoms with Crippen LogP contribution in [0.2, 0.25) is 0 Å². The maximum absolute atomic E-state index is 12.4. The molecule has 0 saturated carbocycles. The third-order valence-electron chi connectivity index (χ3n) is 3.71. The fourth-order valence-electron chi connectivity index (χ4n) is 2.64. The van der Waals surface area contributed by atoms with Crippen LogP contribution in [0.5, 0.6) is 0 Å². The van der Waals surface area contributed by atoms with Crippen molar-refractivity contribution in [2.75, 3.05) is 11.4 Å². The van der Waals surface area contributed by atoms with Gasteiger partial charge in [-0.1, -0.05) is 18.2 Å². The largest absolute Gasteiger partial charge is 0.354 e. The summed E-state index contributed by atoms with van der Waals surface area (Å²) in [6, 6.07) is 8.95. The zero-order valence-corrected chi connectivity index (χ0v) is 12.9. The summed E-state index contributed by atoms with van der Waals surface area (Å²) in [5.41, 5.74) is 3.54. The number of para-hydroxylation sites is 1. The first-order valence-electron chi connectivity index (χ1n) is 7.27. The van der Waals surface area contributed by atoms with Gasteiger partial charge in [-0.3, -0.25) is 14.5 Å². The highest BCUT2D eigenvalue weighted by Gasteiger charge is 2.36. The first kappa shape index (κ1) is 14.7. The summed E-state index contributed by atoms with van der Waals surface area (Å²) < 4.78 is 0. The van der Waals surface area contributed by atoms with Crippen LogP contribution in [0, 0.1) is 0 Å². The lowest BCUT2D eigenvalue weighted by molar-refractivity contribution is -0.123. The quantitative estimate of drug-likeness (QED) is 0.918. The molecule has 6 heteroatoms. The van der Waals surface area contributed by atoms with Gasteiger partial charge < -0.3 is 5.32 Å². The van der Waals surface area contributed by atoms with E-state index in [2.05, 4.69) is 10.3 Å². The lowest BCUT2D eigenvalue weighted by Gasteiger charge is -2.24. The van der Waals surface area contributed by atoms with Gasteiger partial charge in [-0.25, -0.2) is 4.98 Å². The SMILES string of the molecule is O=C(NCCc1cscn1)C1CCC(=O)N1c1ccccc1. The van der Waals surface area contributed by atoms with Crippen LogP contribution >= 0.6 is 11.3 Å². The molecule has 5 nitrogen and oxygen atoms in total. The van der Waals surface area contributed by atoms with E-state index in [4.69, 9.17) is 0 Å². The summed E-state index contributed by atoms with van der Waals surface area (Å²) in [7, 11) is 0. The van der Waals surface area contributed by atoms with Crippen molar-refractivity contribution in [2.24, 2.45) is 0 Å². The molecule has 1 fully saturated rings. The molecule has 0 aliphatic carbocycles. The summed E-state index contributed by atoms with van der Waals surface area (Å²) in [6.45, 7) is 0.538. The number of thiazole rings is 1. The van der Waals surface area contributed by atoms with E-state index < -0.39 is 6.04 Å². The molecule has 1 aromatic heterocycles. The second kappa shape index (κ2) is 6.70. The van der Waals surface area contributed by atoms with Gasteiger partial charge in [-0.05, 0) is 18.6 Å². The van der Waals surface area contributed by atoms with Crippen molar-refractivity contribution in [1.29, 1.82) is 0 Å². The third-order valence-corrected chi connectivity index (χ3v) is 4.35. The number of benzene rings is 1. The standard InChI is InChI=1S/C16H17N3O2S/c20-15-7-6-14(19(15)13-4-2-1-3-5-13)16(21)17-9-8-12-10-22-11-18-12/h1-5,10-11,14H,6-9H2,(H,17,21). The molecule has 3 rings (SSSR count). The van der Waals surface area contributed by atoms with Crippen molar-refractivity contribution < 1.29 is 9.59 Å². The molecule has 2 amide bonds. The second-order valence-corrected chi connectivity index (χ2v) is 5.89. The molecule has 1 aliphatic heterocycles. The van der Waals surface area contributed by atoms with Crippen molar-refractivity contribution in [2.45, 2.75) is 25.3 Å². The van der Waals surface area contributed by atoms with Crippen LogP contribution in [-0.2, 0) is 16.0 Å². The number of nitrogens with zero attached hydrogens (tertiary/aromatic N) is 2. The van der Waals surface area contributed by atoms with Crippen molar-refractivity contribution in [1.82, 2.24) is 10.3 Å². The summed E-state index contributed by atoms with van der Waals surface area (Å²) in [6.07, 6.45) is 1.69. The predicted octanol–water partition coefficient (Wildman–Crippen LogP) is 2.00. The van der Waals surface area contributed by atoms with E-state index in [1.165, 1.54) is 0 Å². The number of anilines is 1. The van der Waals surface area contributed by atoms with Gasteiger partial charge in [0, 0.05) is 30.5 Å². The van der Waals surface area contributed by atoms with E-state index in [-0.39, 0.29) is 11.8 Å². The van der Waals surface area contributed by atoms with E-state index in [9.17, 15) is 9.59 Å². The van der Waals surface area contributed by atoms with Crippen LogP contribution < -0.4 is 10.2 Å². The molecule has 22 heavy (non-hydrogen) atoms. The topological polar surface area (TPSA) is 62.3 Å². The fraction of sp³-hybridized carbons (Fsp3) is 0.312. The maximum Gasteiger partial charge on any atom is 0.243 e. The Morgan fingerprint density at radius 3 is 2.91 bits per heavy atom. The van der Waals surface area contributed by atoms with Gasteiger partial charge in [-0.15, -0.1) is 11.3 Å². The molecule has 1 N–H and O–H groups in total. The minimum atomic E-state index is -0.412. The minimum absolute atomic E-state index is 0.00542. The van der Waals surface area contributed by atoms with Gasteiger partial charge in [0.1, 0.15) is 6.04 Å². The molecule has 0 radical (unpaired) electrons. The van der Waals surface area contributed by atoms with E-state index in [0.717, 1.165) is 11.4 Å². The monoisotopic (exact) mass is 315 g/mol. The van der Waals surface area contributed by atoms with Gasteiger partial charge in [0.2, 0.25) is 11.8 Å². The van der Waals surface area contributed by atoms with Gasteiger partial charge in [0.25, 0.3) is 0 Å². The van der Waals surface area contributed by atoms with Gasteiger partial charge >= 0.3 is 0 Å². The highest BCUT2D eigenvalue weighted by atomic mass is 32.1. The highest BCUT2D eigenvalue weighted by Crippen LogP contribution is 2.26. The summed E-state index contributed by atoms with van der Waals surface area (Å²) >= 11 is 1.54. The first-order chi connectivity index (χ1) is 10.8. The van der Waals surface area contributed by atoms with Crippen molar-refractivity contribution >= 4 is 28.8 Å². The predicted molar refractivity (Wildman–Crippen MR) is 85.8 cm³/mol. The number of aromatic nitrogens is 1. The summed E-state index contributed by atoms with van der Waals surface area (Å²) in [5, 5.41) is 4.89. The average Bonchev–Trinajstić information content (AvgIpc) is 3.17. The Kier molecular flexibility index (Phi) is 4.48. The van der Waals surface area contributed by atoms with Crippen LogP contribution in [-0.4, -0.2) is 29.4 Å². The molecular formula is C16H17N3O2S. The first-order valence-corrected chi connectivity index (χ1v) is 8.22. The number of hydrogen-bond acceptors (Lipinski definition) is 4. The van der Waals surface area contributed by atoms with E-state index in [1.807, 2.05) is 35.7 Å². The Hall–Kier alpha value is -2.21. The Balaban J connectivity index is 1.62. The normalized spacial score (nSPS) is 17.7. The van der Waals surface area contributed by atoms with E-state index in [0.29, 0.717) is 25.8 Å². The van der Waals surface area contributed by atoms with Crippen LogP contribution in [0.4, 0.5) is 5.69 Å². The fourth-order valence-corrected chi connectivity index (χ4v) is 3.23. The van der Waals surface area contributed by atoms with Crippen molar-refractivity contribution in [3.8, 4) is 0 Å². The third kappa shape index (κ3) is 3.17. The number of amides is 2. The Labute approximate surface area is 133 Å². The lowest BCUT2D eigenvalue weighted by Crippen LogP contribution is -2.45. The van der Waals surface area contributed by atoms with Gasteiger partial charge in [0.05, 0.1) is 11.2 Å². The molecular weight excluding hydrogens is 298 g/mol. The molecule has 114 valence electrons. The molecule has 1 aromatic carbocycles. The van der Waals surface area contributed by atoms with Gasteiger partial charge in [0.15, 0.2) is 0 Å². The van der Waals surface area contributed by atoms with E-state index in [1.54, 1.807) is 21.7 Å². The molecule has 1 unspecified atom stereocenters. The molecule has 1 aliphatic rings. The Morgan fingerprint density at radius 1 is 1.36 bits per heavy atom. The molecule has 2 heterocycles. The van der Waals surface area contributed by atoms with Crippen LogP contribution in [0.1, 0.15) is 18.5 Å². The Bertz CT molecular complexity index is 643. The zero-order chi connectivity index (χ0) is 15.4. The lowest BCUT2D eigenvalue weighted by atomic mass is 10.2. The number of carbonyl (C=O) groups is 2. The molecule has 0 spiro atoms. The summed E-state index contributed by atoms with van der Waals surface area (Å²) in [5.74, 6) is -0.0872. The molecule has 0 bridgehead atoms. The van der Waals surface area contributed by atoms with Crippen molar-refractivity contribution in [3.05, 3.63) is 46.9 Å². The van der Waals surface area contributed by atoms with Crippen LogP contribution in [0.15, 0.2) is 41.2 Å². The molecule has 1 saturated heterocycles. The van der Waals surface area contributed by atoms with Crippen LogP contribution in [0.3, 0.4) is 0 Å². The van der Waals surface area contributed by atoms with Crippen molar-refractivity contribution in [3.63, 3.8) is 0 Å². The number of rotatable bonds is 5. The smallest absolute Gasteiger partial charge is 0.243 e. The molecule has 1 atom stereocenters.